The van der Waals surface area contributed by atoms with Gasteiger partial charge in [-0.25, -0.2) is 4.68 Å². The van der Waals surface area contributed by atoms with Gasteiger partial charge in [0.1, 0.15) is 5.82 Å². The van der Waals surface area contributed by atoms with Crippen molar-refractivity contribution in [1.82, 2.24) is 19.2 Å². The van der Waals surface area contributed by atoms with Gasteiger partial charge >= 0.3 is 0 Å². The number of hydrogen-bond donors (Lipinski definition) is 0. The molecule has 0 radical (unpaired) electrons. The van der Waals surface area contributed by atoms with Crippen molar-refractivity contribution in [2.75, 3.05) is 7.05 Å². The molecule has 1 aromatic heterocycles. The van der Waals surface area contributed by atoms with E-state index in [9.17, 15) is 0 Å². The van der Waals surface area contributed by atoms with E-state index >= 15 is 0 Å². The topological polar surface area (TPSA) is 26.0 Å². The van der Waals surface area contributed by atoms with Crippen LogP contribution >= 0.6 is 12.2 Å². The van der Waals surface area contributed by atoms with Gasteiger partial charge < -0.3 is 0 Å². The van der Waals surface area contributed by atoms with E-state index in [0.29, 0.717) is 12.6 Å². The van der Waals surface area contributed by atoms with Gasteiger partial charge in [-0.1, -0.05) is 48.5 Å². The van der Waals surface area contributed by atoms with Gasteiger partial charge in [-0.15, -0.1) is 0 Å². The summed E-state index contributed by atoms with van der Waals surface area (Å²) in [6.45, 7) is 1.56. The molecule has 0 spiro atoms. The normalized spacial score (nSPS) is 14.2. The SMILES string of the molecule is CN(Cc1ccccc1)Cn1nc(C2CC2)n(-c2ccccc2)c1=S. The molecule has 3 aromatic rings. The Morgan fingerprint density at radius 2 is 1.68 bits per heavy atom. The Bertz CT molecular complexity index is 894. The number of aromatic nitrogens is 3. The molecule has 0 bridgehead atoms. The molecule has 0 amide bonds. The predicted octanol–water partition coefficient (Wildman–Crippen LogP) is 4.37. The Kier molecular flexibility index (Phi) is 4.51. The van der Waals surface area contributed by atoms with Gasteiger partial charge in [-0.3, -0.25) is 9.47 Å². The van der Waals surface area contributed by atoms with E-state index in [-0.39, 0.29) is 0 Å². The van der Waals surface area contributed by atoms with Crippen LogP contribution in [0.3, 0.4) is 0 Å². The zero-order chi connectivity index (χ0) is 17.2. The van der Waals surface area contributed by atoms with Gasteiger partial charge in [0, 0.05) is 18.2 Å². The number of hydrogen-bond acceptors (Lipinski definition) is 3. The van der Waals surface area contributed by atoms with Crippen molar-refractivity contribution in [2.45, 2.75) is 32.0 Å². The molecule has 0 N–H and O–H groups in total. The first-order valence-corrected chi connectivity index (χ1v) is 9.11. The van der Waals surface area contributed by atoms with Crippen molar-refractivity contribution < 1.29 is 0 Å². The van der Waals surface area contributed by atoms with Crippen LogP contribution < -0.4 is 0 Å². The molecule has 0 aliphatic heterocycles. The Morgan fingerprint density at radius 1 is 1.04 bits per heavy atom. The summed E-state index contributed by atoms with van der Waals surface area (Å²) in [7, 11) is 2.10. The molecule has 128 valence electrons. The molecule has 4 rings (SSSR count). The second-order valence-corrected chi connectivity index (χ2v) is 7.09. The average molecular weight is 350 g/mol. The van der Waals surface area contributed by atoms with E-state index in [1.807, 2.05) is 28.9 Å². The third-order valence-corrected chi connectivity index (χ3v) is 4.89. The Morgan fingerprint density at radius 3 is 2.32 bits per heavy atom. The third-order valence-electron chi connectivity index (χ3n) is 4.49. The van der Waals surface area contributed by atoms with Gasteiger partial charge in [-0.2, -0.15) is 5.10 Å². The van der Waals surface area contributed by atoms with Crippen LogP contribution in [0.25, 0.3) is 5.69 Å². The number of benzene rings is 2. The standard InChI is InChI=1S/C20H22N4S/c1-22(14-16-8-4-2-5-9-16)15-23-20(25)24(18-10-6-3-7-11-18)19(21-23)17-12-13-17/h2-11,17H,12-15H2,1H3. The summed E-state index contributed by atoms with van der Waals surface area (Å²) in [4.78, 5) is 2.24. The van der Waals surface area contributed by atoms with Crippen LogP contribution in [0.4, 0.5) is 0 Å². The van der Waals surface area contributed by atoms with Crippen molar-refractivity contribution in [1.29, 1.82) is 0 Å². The lowest BCUT2D eigenvalue weighted by Gasteiger charge is -2.16. The van der Waals surface area contributed by atoms with Crippen molar-refractivity contribution >= 4 is 12.2 Å². The molecule has 0 saturated heterocycles. The highest BCUT2D eigenvalue weighted by Crippen LogP contribution is 2.40. The smallest absolute Gasteiger partial charge is 0.203 e. The largest absolute Gasteiger partial charge is 0.283 e. The maximum Gasteiger partial charge on any atom is 0.203 e. The molecule has 1 fully saturated rings. The lowest BCUT2D eigenvalue weighted by Crippen LogP contribution is -2.22. The average Bonchev–Trinajstić information content (AvgIpc) is 3.42. The molecule has 1 saturated carbocycles. The van der Waals surface area contributed by atoms with Crippen molar-refractivity contribution in [3.05, 3.63) is 76.8 Å². The monoisotopic (exact) mass is 350 g/mol. The van der Waals surface area contributed by atoms with E-state index < -0.39 is 0 Å². The van der Waals surface area contributed by atoms with Gasteiger partial charge in [0.15, 0.2) is 0 Å². The van der Waals surface area contributed by atoms with Crippen LogP contribution in [-0.2, 0) is 13.2 Å². The molecule has 1 heterocycles. The quantitative estimate of drug-likeness (QED) is 0.618. The van der Waals surface area contributed by atoms with Gasteiger partial charge in [0.25, 0.3) is 0 Å². The molecule has 2 aromatic carbocycles. The zero-order valence-corrected chi connectivity index (χ0v) is 15.2. The molecule has 0 unspecified atom stereocenters. The molecule has 1 aliphatic rings. The second kappa shape index (κ2) is 6.94. The lowest BCUT2D eigenvalue weighted by molar-refractivity contribution is 0.243. The molecule has 5 heteroatoms. The van der Waals surface area contributed by atoms with Gasteiger partial charge in [-0.05, 0) is 49.8 Å². The van der Waals surface area contributed by atoms with Crippen LogP contribution in [0.2, 0.25) is 0 Å². The van der Waals surface area contributed by atoms with E-state index in [1.54, 1.807) is 0 Å². The summed E-state index contributed by atoms with van der Waals surface area (Å²) in [5.74, 6) is 1.65. The maximum absolute atomic E-state index is 5.76. The zero-order valence-electron chi connectivity index (χ0n) is 14.4. The number of rotatable bonds is 6. The lowest BCUT2D eigenvalue weighted by atomic mass is 10.2. The van der Waals surface area contributed by atoms with Crippen LogP contribution in [-0.4, -0.2) is 26.3 Å². The van der Waals surface area contributed by atoms with Gasteiger partial charge in [0.05, 0.1) is 6.67 Å². The van der Waals surface area contributed by atoms with Crippen LogP contribution in [0.15, 0.2) is 60.7 Å². The Labute approximate surface area is 153 Å². The van der Waals surface area contributed by atoms with E-state index in [4.69, 9.17) is 17.3 Å². The Hall–Kier alpha value is -2.24. The minimum absolute atomic E-state index is 0.544. The highest BCUT2D eigenvalue weighted by atomic mass is 32.1. The van der Waals surface area contributed by atoms with Crippen LogP contribution in [0, 0.1) is 4.77 Å². The molecule has 4 nitrogen and oxygen atoms in total. The molecule has 0 atom stereocenters. The minimum Gasteiger partial charge on any atom is -0.283 e. The summed E-state index contributed by atoms with van der Waals surface area (Å²) in [6, 6.07) is 20.8. The van der Waals surface area contributed by atoms with Crippen molar-refractivity contribution in [2.24, 2.45) is 0 Å². The fraction of sp³-hybridized carbons (Fsp3) is 0.300. The highest BCUT2D eigenvalue weighted by Gasteiger charge is 2.30. The first-order chi connectivity index (χ1) is 12.2. The summed E-state index contributed by atoms with van der Waals surface area (Å²) in [6.07, 6.45) is 2.41. The van der Waals surface area contributed by atoms with Crippen molar-refractivity contribution in [3.8, 4) is 5.69 Å². The summed E-state index contributed by atoms with van der Waals surface area (Å²) >= 11 is 5.76. The van der Waals surface area contributed by atoms with Crippen LogP contribution in [0.1, 0.15) is 30.1 Å². The van der Waals surface area contributed by atoms with Crippen LogP contribution in [0.5, 0.6) is 0 Å². The fourth-order valence-electron chi connectivity index (χ4n) is 3.12. The first-order valence-electron chi connectivity index (χ1n) is 8.70. The van der Waals surface area contributed by atoms with Crippen molar-refractivity contribution in [3.63, 3.8) is 0 Å². The minimum atomic E-state index is 0.544. The molecule has 1 aliphatic carbocycles. The molecular formula is C20H22N4S. The Balaban J connectivity index is 1.61. The highest BCUT2D eigenvalue weighted by molar-refractivity contribution is 7.71. The van der Waals surface area contributed by atoms with E-state index in [0.717, 1.165) is 22.8 Å². The van der Waals surface area contributed by atoms with Gasteiger partial charge in [0.2, 0.25) is 4.77 Å². The maximum atomic E-state index is 5.76. The number of nitrogens with zero attached hydrogens (tertiary/aromatic N) is 4. The molecule has 25 heavy (non-hydrogen) atoms. The third kappa shape index (κ3) is 3.57. The second-order valence-electron chi connectivity index (χ2n) is 6.73. The summed E-state index contributed by atoms with van der Waals surface area (Å²) in [5.41, 5.74) is 2.40. The molecular weight excluding hydrogens is 328 g/mol. The fourth-order valence-corrected chi connectivity index (χ4v) is 3.41. The van der Waals surface area contributed by atoms with E-state index in [2.05, 4.69) is 52.9 Å². The predicted molar refractivity (Wildman–Crippen MR) is 102 cm³/mol. The van der Waals surface area contributed by atoms with E-state index in [1.165, 1.54) is 18.4 Å². The first kappa shape index (κ1) is 16.2. The summed E-state index contributed by atoms with van der Waals surface area (Å²) < 4.78 is 4.87. The number of para-hydroxylation sites is 1. The summed E-state index contributed by atoms with van der Waals surface area (Å²) in [5, 5.41) is 4.86.